The maximum Gasteiger partial charge on any atom is 0.293 e. The van der Waals surface area contributed by atoms with E-state index in [4.69, 9.17) is 16.3 Å². The number of nitrogens with zero attached hydrogens (tertiary/aromatic N) is 3. The predicted octanol–water partition coefficient (Wildman–Crippen LogP) is 1.55. The topological polar surface area (TPSA) is 88.7 Å². The number of rotatable bonds is 4. The van der Waals surface area contributed by atoms with Crippen LogP contribution in [0.25, 0.3) is 0 Å². The van der Waals surface area contributed by atoms with E-state index in [1.807, 2.05) is 0 Å². The number of hydrogen-bond donors (Lipinski definition) is 2. The van der Waals surface area contributed by atoms with Gasteiger partial charge in [-0.2, -0.15) is 10.2 Å². The zero-order valence-electron chi connectivity index (χ0n) is 11.4. The highest BCUT2D eigenvalue weighted by Gasteiger charge is 2.13. The molecule has 110 valence electrons. The van der Waals surface area contributed by atoms with Gasteiger partial charge < -0.3 is 9.84 Å². The Hall–Kier alpha value is -2.54. The molecule has 0 fully saturated rings. The van der Waals surface area contributed by atoms with Crippen molar-refractivity contribution in [1.29, 1.82) is 0 Å². The number of aryl methyl sites for hydroxylation is 1. The second kappa shape index (κ2) is 6.27. The lowest BCUT2D eigenvalue weighted by molar-refractivity contribution is 0.0949. The van der Waals surface area contributed by atoms with Crippen molar-refractivity contribution in [3.63, 3.8) is 0 Å². The smallest absolute Gasteiger partial charge is 0.293 e. The first-order chi connectivity index (χ1) is 10.0. The van der Waals surface area contributed by atoms with Gasteiger partial charge in [-0.3, -0.25) is 9.48 Å². The molecule has 0 saturated heterocycles. The Balaban J connectivity index is 2.09. The number of para-hydroxylation sites is 1. The molecule has 2 aromatic rings. The van der Waals surface area contributed by atoms with Crippen molar-refractivity contribution in [2.75, 3.05) is 7.11 Å². The van der Waals surface area contributed by atoms with Crippen molar-refractivity contribution in [2.45, 2.75) is 0 Å². The molecule has 0 spiro atoms. The molecule has 0 saturated carbocycles. The highest BCUT2D eigenvalue weighted by Crippen LogP contribution is 2.27. The molecule has 0 bridgehead atoms. The van der Waals surface area contributed by atoms with E-state index in [0.717, 1.165) is 0 Å². The molecule has 1 amide bonds. The van der Waals surface area contributed by atoms with Crippen LogP contribution in [-0.2, 0) is 7.05 Å². The quantitative estimate of drug-likeness (QED) is 0.662. The van der Waals surface area contributed by atoms with Gasteiger partial charge >= 0.3 is 0 Å². The van der Waals surface area contributed by atoms with Crippen molar-refractivity contribution >= 4 is 23.7 Å². The van der Waals surface area contributed by atoms with E-state index < -0.39 is 5.91 Å². The van der Waals surface area contributed by atoms with Crippen LogP contribution in [0.15, 0.2) is 29.5 Å². The van der Waals surface area contributed by atoms with Crippen LogP contribution in [0.1, 0.15) is 16.1 Å². The van der Waals surface area contributed by atoms with E-state index in [1.165, 1.54) is 24.2 Å². The summed E-state index contributed by atoms with van der Waals surface area (Å²) in [5, 5.41) is 17.8. The monoisotopic (exact) mass is 308 g/mol. The molecule has 8 heteroatoms. The molecule has 0 aliphatic heterocycles. The van der Waals surface area contributed by atoms with Crippen LogP contribution < -0.4 is 10.2 Å². The van der Waals surface area contributed by atoms with Gasteiger partial charge in [-0.1, -0.05) is 17.7 Å². The third-order valence-corrected chi connectivity index (χ3v) is 2.90. The van der Waals surface area contributed by atoms with E-state index in [2.05, 4.69) is 15.6 Å². The molecular formula is C13H13ClN4O3. The number of hydrogen-bond acceptors (Lipinski definition) is 5. The number of hydrazone groups is 1. The first-order valence-electron chi connectivity index (χ1n) is 5.91. The van der Waals surface area contributed by atoms with E-state index >= 15 is 0 Å². The van der Waals surface area contributed by atoms with Gasteiger partial charge in [-0.05, 0) is 12.1 Å². The average molecular weight is 309 g/mol. The van der Waals surface area contributed by atoms with Gasteiger partial charge in [-0.15, -0.1) is 0 Å². The summed E-state index contributed by atoms with van der Waals surface area (Å²) < 4.78 is 6.40. The summed E-state index contributed by atoms with van der Waals surface area (Å²) in [6, 6.07) is 4.93. The molecule has 7 nitrogen and oxygen atoms in total. The number of amides is 1. The minimum atomic E-state index is -0.542. The van der Waals surface area contributed by atoms with Gasteiger partial charge in [0.15, 0.2) is 17.2 Å². The van der Waals surface area contributed by atoms with Crippen molar-refractivity contribution in [2.24, 2.45) is 12.1 Å². The number of methoxy groups -OCH3 is 1. The fourth-order valence-corrected chi connectivity index (χ4v) is 1.90. The van der Waals surface area contributed by atoms with Gasteiger partial charge in [0, 0.05) is 18.8 Å². The number of halogens is 1. The molecule has 0 radical (unpaired) electrons. The summed E-state index contributed by atoms with van der Waals surface area (Å²) in [7, 11) is 3.10. The Morgan fingerprint density at radius 3 is 2.95 bits per heavy atom. The maximum absolute atomic E-state index is 11.8. The van der Waals surface area contributed by atoms with Crippen molar-refractivity contribution in [1.82, 2.24) is 15.2 Å². The fraction of sp³-hybridized carbons (Fsp3) is 0.154. The zero-order chi connectivity index (χ0) is 15.4. The van der Waals surface area contributed by atoms with Crippen molar-refractivity contribution < 1.29 is 14.6 Å². The van der Waals surface area contributed by atoms with Crippen LogP contribution in [0, 0.1) is 0 Å². The third-order valence-electron chi connectivity index (χ3n) is 2.62. The minimum absolute atomic E-state index is 0.0612. The molecule has 2 rings (SSSR count). The van der Waals surface area contributed by atoms with E-state index in [9.17, 15) is 9.90 Å². The van der Waals surface area contributed by atoms with Gasteiger partial charge in [-0.25, -0.2) is 5.43 Å². The number of ether oxygens (including phenoxy) is 1. The maximum atomic E-state index is 11.8. The first kappa shape index (κ1) is 14.9. The third kappa shape index (κ3) is 3.32. The second-order valence-corrected chi connectivity index (χ2v) is 4.50. The number of phenols is 1. The molecule has 2 N–H and O–H groups in total. The summed E-state index contributed by atoms with van der Waals surface area (Å²) in [6.45, 7) is 0. The standard InChI is InChI=1S/C13H13ClN4O3/c1-18-7-9(14)11(17-18)13(20)16-15-6-8-4-3-5-10(21-2)12(8)19/h3-7,19H,1-2H3,(H,16,20)/b15-6+. The number of carbonyl (C=O) groups is 1. The number of carbonyl (C=O) groups excluding carboxylic acids is 1. The SMILES string of the molecule is COc1cccc(/C=N/NC(=O)c2nn(C)cc2Cl)c1O. The lowest BCUT2D eigenvalue weighted by Crippen LogP contribution is -2.18. The first-order valence-corrected chi connectivity index (χ1v) is 6.29. The summed E-state index contributed by atoms with van der Waals surface area (Å²) in [5.41, 5.74) is 2.76. The Kier molecular flexibility index (Phi) is 4.44. The average Bonchev–Trinajstić information content (AvgIpc) is 2.79. The molecule has 1 aromatic heterocycles. The predicted molar refractivity (Wildman–Crippen MR) is 77.9 cm³/mol. The molecule has 0 atom stereocenters. The summed E-state index contributed by atoms with van der Waals surface area (Å²) in [4.78, 5) is 11.8. The van der Waals surface area contributed by atoms with Crippen LogP contribution in [-0.4, -0.2) is 34.1 Å². The zero-order valence-corrected chi connectivity index (χ0v) is 12.1. The summed E-state index contributed by atoms with van der Waals surface area (Å²) in [5.74, 6) is -0.286. The molecule has 0 aliphatic rings. The Morgan fingerprint density at radius 1 is 1.57 bits per heavy atom. The van der Waals surface area contributed by atoms with Crippen LogP contribution in [0.5, 0.6) is 11.5 Å². The van der Waals surface area contributed by atoms with Crippen LogP contribution in [0.3, 0.4) is 0 Å². The van der Waals surface area contributed by atoms with Gasteiger partial charge in [0.25, 0.3) is 5.91 Å². The van der Waals surface area contributed by atoms with Gasteiger partial charge in [0.2, 0.25) is 0 Å². The second-order valence-electron chi connectivity index (χ2n) is 4.10. The van der Waals surface area contributed by atoms with E-state index in [0.29, 0.717) is 11.3 Å². The minimum Gasteiger partial charge on any atom is -0.504 e. The summed E-state index contributed by atoms with van der Waals surface area (Å²) in [6.07, 6.45) is 2.81. The van der Waals surface area contributed by atoms with Crippen LogP contribution in [0.4, 0.5) is 0 Å². The highest BCUT2D eigenvalue weighted by molar-refractivity contribution is 6.33. The Morgan fingerprint density at radius 2 is 2.33 bits per heavy atom. The van der Waals surface area contributed by atoms with E-state index in [-0.39, 0.29) is 16.5 Å². The largest absolute Gasteiger partial charge is 0.504 e. The number of aromatic nitrogens is 2. The molecule has 0 unspecified atom stereocenters. The fourth-order valence-electron chi connectivity index (χ4n) is 1.64. The van der Waals surface area contributed by atoms with Gasteiger partial charge in [0.05, 0.1) is 18.3 Å². The molecular weight excluding hydrogens is 296 g/mol. The Bertz CT molecular complexity index is 697. The van der Waals surface area contributed by atoms with E-state index in [1.54, 1.807) is 25.2 Å². The Labute approximate surface area is 125 Å². The van der Waals surface area contributed by atoms with Crippen LogP contribution in [0.2, 0.25) is 5.02 Å². The molecule has 1 heterocycles. The number of benzene rings is 1. The lowest BCUT2D eigenvalue weighted by atomic mass is 10.2. The lowest BCUT2D eigenvalue weighted by Gasteiger charge is -2.04. The van der Waals surface area contributed by atoms with Crippen LogP contribution >= 0.6 is 11.6 Å². The van der Waals surface area contributed by atoms with Gasteiger partial charge in [0.1, 0.15) is 0 Å². The molecule has 1 aromatic carbocycles. The number of aromatic hydroxyl groups is 1. The molecule has 0 aliphatic carbocycles. The number of nitrogens with one attached hydrogen (secondary N) is 1. The summed E-state index contributed by atoms with van der Waals surface area (Å²) >= 11 is 5.85. The van der Waals surface area contributed by atoms with Crippen molar-refractivity contribution in [3.8, 4) is 11.5 Å². The van der Waals surface area contributed by atoms with Crippen molar-refractivity contribution in [3.05, 3.63) is 40.7 Å². The highest BCUT2D eigenvalue weighted by atomic mass is 35.5. The normalized spacial score (nSPS) is 10.8. The number of phenolic OH excluding ortho intramolecular Hbond substituents is 1. The molecule has 21 heavy (non-hydrogen) atoms.